The van der Waals surface area contributed by atoms with Crippen LogP contribution in [-0.4, -0.2) is 32.0 Å². The summed E-state index contributed by atoms with van der Waals surface area (Å²) in [5.74, 6) is 0.324. The fourth-order valence-corrected chi connectivity index (χ4v) is 2.91. The molecule has 0 saturated carbocycles. The standard InChI is InChI=1S/C21H19ClN4O4/c1-14(2)25(20(27)12-9-15-7-10-16(11-8-15)26(28)29)13-19-23-24-21(30-19)17-5-3-4-6-18(17)22/h3-12,14H,13H2,1-2H3/b12-9+. The third kappa shape index (κ3) is 5.09. The molecule has 30 heavy (non-hydrogen) atoms. The number of halogens is 1. The van der Waals surface area contributed by atoms with Crippen LogP contribution >= 0.6 is 11.6 Å². The molecule has 1 heterocycles. The van der Waals surface area contributed by atoms with E-state index in [1.54, 1.807) is 41.3 Å². The van der Waals surface area contributed by atoms with Crippen LogP contribution in [0.1, 0.15) is 25.3 Å². The Morgan fingerprint density at radius 2 is 1.90 bits per heavy atom. The van der Waals surface area contributed by atoms with Gasteiger partial charge in [-0.05, 0) is 49.8 Å². The quantitative estimate of drug-likeness (QED) is 0.307. The minimum absolute atomic E-state index is 0.00648. The summed E-state index contributed by atoms with van der Waals surface area (Å²) in [6, 6.07) is 12.9. The number of nitro benzene ring substituents is 1. The highest BCUT2D eigenvalue weighted by Gasteiger charge is 2.19. The molecule has 9 heteroatoms. The van der Waals surface area contributed by atoms with Gasteiger partial charge in [0.25, 0.3) is 5.69 Å². The van der Waals surface area contributed by atoms with Crippen molar-refractivity contribution in [2.24, 2.45) is 0 Å². The molecular weight excluding hydrogens is 408 g/mol. The van der Waals surface area contributed by atoms with Crippen LogP contribution in [0.5, 0.6) is 0 Å². The molecule has 2 aromatic carbocycles. The van der Waals surface area contributed by atoms with Crippen molar-refractivity contribution in [1.82, 2.24) is 15.1 Å². The van der Waals surface area contributed by atoms with Crippen molar-refractivity contribution in [2.75, 3.05) is 0 Å². The summed E-state index contributed by atoms with van der Waals surface area (Å²) in [4.78, 5) is 24.5. The van der Waals surface area contributed by atoms with Gasteiger partial charge < -0.3 is 9.32 Å². The van der Waals surface area contributed by atoms with Crippen LogP contribution in [0.3, 0.4) is 0 Å². The molecule has 0 aliphatic rings. The lowest BCUT2D eigenvalue weighted by Gasteiger charge is -2.23. The summed E-state index contributed by atoms with van der Waals surface area (Å²) in [6.07, 6.45) is 3.01. The summed E-state index contributed by atoms with van der Waals surface area (Å²) >= 11 is 6.16. The fourth-order valence-electron chi connectivity index (χ4n) is 2.69. The summed E-state index contributed by atoms with van der Waals surface area (Å²) in [5.41, 5.74) is 1.29. The second-order valence-electron chi connectivity index (χ2n) is 6.72. The number of carbonyl (C=O) groups is 1. The Hall–Kier alpha value is -3.52. The zero-order valence-corrected chi connectivity index (χ0v) is 17.1. The van der Waals surface area contributed by atoms with E-state index in [1.165, 1.54) is 18.2 Å². The first-order chi connectivity index (χ1) is 14.3. The normalized spacial score (nSPS) is 11.2. The maximum atomic E-state index is 12.7. The number of hydrogen-bond acceptors (Lipinski definition) is 6. The summed E-state index contributed by atoms with van der Waals surface area (Å²) < 4.78 is 5.69. The van der Waals surface area contributed by atoms with Crippen LogP contribution in [0.4, 0.5) is 5.69 Å². The largest absolute Gasteiger partial charge is 0.419 e. The number of nitrogens with zero attached hydrogens (tertiary/aromatic N) is 4. The number of benzene rings is 2. The molecule has 0 aliphatic carbocycles. The average Bonchev–Trinajstić information content (AvgIpc) is 3.19. The Balaban J connectivity index is 1.72. The van der Waals surface area contributed by atoms with Crippen molar-refractivity contribution in [3.63, 3.8) is 0 Å². The minimum atomic E-state index is -0.472. The van der Waals surface area contributed by atoms with Gasteiger partial charge in [-0.2, -0.15) is 0 Å². The van der Waals surface area contributed by atoms with Gasteiger partial charge in [0.05, 0.1) is 22.1 Å². The van der Waals surface area contributed by atoms with Crippen molar-refractivity contribution in [3.05, 3.63) is 81.2 Å². The molecule has 1 amide bonds. The van der Waals surface area contributed by atoms with E-state index >= 15 is 0 Å². The predicted octanol–water partition coefficient (Wildman–Crippen LogP) is 4.75. The molecule has 3 rings (SSSR count). The highest BCUT2D eigenvalue weighted by molar-refractivity contribution is 6.33. The Morgan fingerprint density at radius 1 is 1.20 bits per heavy atom. The number of amides is 1. The van der Waals surface area contributed by atoms with E-state index in [1.807, 2.05) is 19.9 Å². The number of aromatic nitrogens is 2. The van der Waals surface area contributed by atoms with Crippen LogP contribution < -0.4 is 0 Å². The molecule has 0 atom stereocenters. The molecule has 3 aromatic rings. The fraction of sp³-hybridized carbons (Fsp3) is 0.190. The van der Waals surface area contributed by atoms with E-state index in [2.05, 4.69) is 10.2 Å². The highest BCUT2D eigenvalue weighted by atomic mass is 35.5. The van der Waals surface area contributed by atoms with E-state index < -0.39 is 4.92 Å². The van der Waals surface area contributed by atoms with Crippen molar-refractivity contribution >= 4 is 29.3 Å². The maximum Gasteiger partial charge on any atom is 0.269 e. The Labute approximate surface area is 177 Å². The molecule has 8 nitrogen and oxygen atoms in total. The predicted molar refractivity (Wildman–Crippen MR) is 113 cm³/mol. The molecule has 0 saturated heterocycles. The molecular formula is C21H19ClN4O4. The average molecular weight is 427 g/mol. The number of nitro groups is 1. The van der Waals surface area contributed by atoms with Gasteiger partial charge in [0.1, 0.15) is 0 Å². The van der Waals surface area contributed by atoms with Crippen LogP contribution in [0, 0.1) is 10.1 Å². The van der Waals surface area contributed by atoms with Crippen LogP contribution in [0.2, 0.25) is 5.02 Å². The number of hydrogen-bond donors (Lipinski definition) is 0. The molecule has 0 radical (unpaired) electrons. The minimum Gasteiger partial charge on any atom is -0.419 e. The Bertz CT molecular complexity index is 1080. The van der Waals surface area contributed by atoms with Crippen molar-refractivity contribution < 1.29 is 14.1 Å². The van der Waals surface area contributed by atoms with Gasteiger partial charge in [0.2, 0.25) is 17.7 Å². The third-order valence-electron chi connectivity index (χ3n) is 4.31. The van der Waals surface area contributed by atoms with Crippen LogP contribution in [0.15, 0.2) is 59.0 Å². The van der Waals surface area contributed by atoms with Gasteiger partial charge in [-0.1, -0.05) is 23.7 Å². The first-order valence-electron chi connectivity index (χ1n) is 9.15. The van der Waals surface area contributed by atoms with Crippen LogP contribution in [0.25, 0.3) is 17.5 Å². The monoisotopic (exact) mass is 426 g/mol. The molecule has 0 bridgehead atoms. The Morgan fingerprint density at radius 3 is 2.53 bits per heavy atom. The lowest BCUT2D eigenvalue weighted by atomic mass is 10.2. The van der Waals surface area contributed by atoms with Gasteiger partial charge in [-0.15, -0.1) is 10.2 Å². The number of non-ortho nitro benzene ring substituents is 1. The molecule has 0 aliphatic heterocycles. The van der Waals surface area contributed by atoms with Gasteiger partial charge in [0, 0.05) is 24.3 Å². The van der Waals surface area contributed by atoms with E-state index in [-0.39, 0.29) is 36.0 Å². The van der Waals surface area contributed by atoms with Crippen molar-refractivity contribution in [3.8, 4) is 11.5 Å². The zero-order valence-electron chi connectivity index (χ0n) is 16.4. The zero-order chi connectivity index (χ0) is 21.7. The maximum absolute atomic E-state index is 12.7. The first kappa shape index (κ1) is 21.2. The summed E-state index contributed by atoms with van der Waals surface area (Å²) in [5, 5.41) is 19.3. The lowest BCUT2D eigenvalue weighted by Crippen LogP contribution is -2.35. The van der Waals surface area contributed by atoms with Gasteiger partial charge in [0.15, 0.2) is 0 Å². The summed E-state index contributed by atoms with van der Waals surface area (Å²) in [6.45, 7) is 3.89. The van der Waals surface area contributed by atoms with Gasteiger partial charge >= 0.3 is 0 Å². The molecule has 0 spiro atoms. The third-order valence-corrected chi connectivity index (χ3v) is 4.63. The van der Waals surface area contributed by atoms with Crippen LogP contribution in [-0.2, 0) is 11.3 Å². The second kappa shape index (κ2) is 9.32. The van der Waals surface area contributed by atoms with E-state index in [0.29, 0.717) is 16.1 Å². The lowest BCUT2D eigenvalue weighted by molar-refractivity contribution is -0.384. The Kier molecular flexibility index (Phi) is 6.58. The summed E-state index contributed by atoms with van der Waals surface area (Å²) in [7, 11) is 0. The number of carbonyl (C=O) groups excluding carboxylic acids is 1. The topological polar surface area (TPSA) is 102 Å². The van der Waals surface area contributed by atoms with Gasteiger partial charge in [-0.3, -0.25) is 14.9 Å². The first-order valence-corrected chi connectivity index (χ1v) is 9.53. The van der Waals surface area contributed by atoms with Gasteiger partial charge in [-0.25, -0.2) is 0 Å². The van der Waals surface area contributed by atoms with E-state index in [4.69, 9.17) is 16.0 Å². The molecule has 0 unspecified atom stereocenters. The second-order valence-corrected chi connectivity index (χ2v) is 7.13. The highest BCUT2D eigenvalue weighted by Crippen LogP contribution is 2.26. The molecule has 0 fully saturated rings. The van der Waals surface area contributed by atoms with E-state index in [0.717, 1.165) is 0 Å². The number of rotatable bonds is 7. The molecule has 0 N–H and O–H groups in total. The van der Waals surface area contributed by atoms with Crippen molar-refractivity contribution in [2.45, 2.75) is 26.4 Å². The molecule has 1 aromatic heterocycles. The molecule has 154 valence electrons. The van der Waals surface area contributed by atoms with E-state index in [9.17, 15) is 14.9 Å². The SMILES string of the molecule is CC(C)N(Cc1nnc(-c2ccccc2Cl)o1)C(=O)/C=C/c1ccc([N+](=O)[O-])cc1. The van der Waals surface area contributed by atoms with Crippen molar-refractivity contribution in [1.29, 1.82) is 0 Å². The smallest absolute Gasteiger partial charge is 0.269 e.